The van der Waals surface area contributed by atoms with Crippen LogP contribution in [-0.4, -0.2) is 11.1 Å². The van der Waals surface area contributed by atoms with Crippen molar-refractivity contribution in [3.05, 3.63) is 0 Å². The fourth-order valence-electron chi connectivity index (χ4n) is 1.73. The first kappa shape index (κ1) is 8.57. The van der Waals surface area contributed by atoms with Crippen molar-refractivity contribution in [1.82, 2.24) is 0 Å². The van der Waals surface area contributed by atoms with Gasteiger partial charge in [-0.2, -0.15) is 0 Å². The Balaban J connectivity index is 2.09. The van der Waals surface area contributed by atoms with Crippen LogP contribution in [0.3, 0.4) is 0 Å². The van der Waals surface area contributed by atoms with Gasteiger partial charge in [-0.05, 0) is 30.6 Å². The Bertz CT molecular complexity index is 152. The zero-order chi connectivity index (χ0) is 8.43. The molecule has 0 aliphatic heterocycles. The first-order valence-electron chi connectivity index (χ1n) is 4.33. The minimum absolute atomic E-state index is 0.355. The lowest BCUT2D eigenvalue weighted by Crippen LogP contribution is -1.97. The highest BCUT2D eigenvalue weighted by atomic mass is 16.4. The SMILES string of the molecule is CC(C)C1CC1CCC(=O)O. The van der Waals surface area contributed by atoms with Crippen LogP contribution in [0.1, 0.15) is 33.1 Å². The lowest BCUT2D eigenvalue weighted by atomic mass is 10.1. The Hall–Kier alpha value is -0.530. The molecule has 0 aromatic heterocycles. The molecule has 0 amide bonds. The van der Waals surface area contributed by atoms with E-state index in [1.807, 2.05) is 0 Å². The maximum Gasteiger partial charge on any atom is 0.303 e. The van der Waals surface area contributed by atoms with Gasteiger partial charge in [-0.3, -0.25) is 4.79 Å². The minimum Gasteiger partial charge on any atom is -0.481 e. The van der Waals surface area contributed by atoms with Gasteiger partial charge >= 0.3 is 5.97 Å². The van der Waals surface area contributed by atoms with E-state index in [4.69, 9.17) is 5.11 Å². The van der Waals surface area contributed by atoms with Gasteiger partial charge in [0.1, 0.15) is 0 Å². The summed E-state index contributed by atoms with van der Waals surface area (Å²) in [7, 11) is 0. The standard InChI is InChI=1S/C9H16O2/c1-6(2)8-5-7(8)3-4-9(10)11/h6-8H,3-5H2,1-2H3,(H,10,11). The van der Waals surface area contributed by atoms with Gasteiger partial charge in [0.2, 0.25) is 0 Å². The van der Waals surface area contributed by atoms with E-state index in [9.17, 15) is 4.79 Å². The first-order valence-corrected chi connectivity index (χ1v) is 4.33. The van der Waals surface area contributed by atoms with E-state index in [1.54, 1.807) is 0 Å². The molecule has 1 rings (SSSR count). The van der Waals surface area contributed by atoms with Crippen LogP contribution in [0.2, 0.25) is 0 Å². The summed E-state index contributed by atoms with van der Waals surface area (Å²) < 4.78 is 0. The molecule has 2 atom stereocenters. The van der Waals surface area contributed by atoms with Crippen LogP contribution in [0.15, 0.2) is 0 Å². The highest BCUT2D eigenvalue weighted by Gasteiger charge is 2.38. The molecule has 2 nitrogen and oxygen atoms in total. The highest BCUT2D eigenvalue weighted by molar-refractivity contribution is 5.66. The van der Waals surface area contributed by atoms with Crippen molar-refractivity contribution in [2.24, 2.45) is 17.8 Å². The molecule has 0 bridgehead atoms. The van der Waals surface area contributed by atoms with Crippen LogP contribution >= 0.6 is 0 Å². The molecule has 11 heavy (non-hydrogen) atoms. The number of hydrogen-bond acceptors (Lipinski definition) is 1. The van der Waals surface area contributed by atoms with Gasteiger partial charge in [-0.15, -0.1) is 0 Å². The molecule has 1 aliphatic carbocycles. The molecule has 2 heteroatoms. The molecule has 1 aliphatic rings. The summed E-state index contributed by atoms with van der Waals surface area (Å²) in [5, 5.41) is 8.42. The molecule has 1 saturated carbocycles. The van der Waals surface area contributed by atoms with E-state index < -0.39 is 5.97 Å². The number of hydrogen-bond donors (Lipinski definition) is 1. The Labute approximate surface area is 67.6 Å². The molecule has 1 N–H and O–H groups in total. The molecule has 0 spiro atoms. The van der Waals surface area contributed by atoms with Gasteiger partial charge in [0.15, 0.2) is 0 Å². The molecule has 64 valence electrons. The minimum atomic E-state index is -0.653. The van der Waals surface area contributed by atoms with E-state index in [0.29, 0.717) is 12.3 Å². The lowest BCUT2D eigenvalue weighted by Gasteiger charge is -2.00. The molecule has 0 aromatic carbocycles. The first-order chi connectivity index (χ1) is 5.11. The van der Waals surface area contributed by atoms with Crippen molar-refractivity contribution in [2.45, 2.75) is 33.1 Å². The maximum atomic E-state index is 10.2. The average molecular weight is 156 g/mol. The molecule has 0 radical (unpaired) electrons. The largest absolute Gasteiger partial charge is 0.481 e. The molecular formula is C9H16O2. The second kappa shape index (κ2) is 3.24. The van der Waals surface area contributed by atoms with Crippen LogP contribution < -0.4 is 0 Å². The third-order valence-corrected chi connectivity index (χ3v) is 2.56. The maximum absolute atomic E-state index is 10.2. The quantitative estimate of drug-likeness (QED) is 0.677. The number of aliphatic carboxylic acids is 1. The predicted octanol–water partition coefficient (Wildman–Crippen LogP) is 2.14. The van der Waals surface area contributed by atoms with Gasteiger partial charge in [0.25, 0.3) is 0 Å². The molecule has 1 fully saturated rings. The molecular weight excluding hydrogens is 140 g/mol. The fourth-order valence-corrected chi connectivity index (χ4v) is 1.73. The van der Waals surface area contributed by atoms with Gasteiger partial charge < -0.3 is 5.11 Å². The predicted molar refractivity (Wildman–Crippen MR) is 43.3 cm³/mol. The smallest absolute Gasteiger partial charge is 0.303 e. The van der Waals surface area contributed by atoms with Gasteiger partial charge in [0, 0.05) is 6.42 Å². The van der Waals surface area contributed by atoms with Crippen molar-refractivity contribution in [3.63, 3.8) is 0 Å². The van der Waals surface area contributed by atoms with E-state index in [2.05, 4.69) is 13.8 Å². The van der Waals surface area contributed by atoms with Gasteiger partial charge in [0.05, 0.1) is 0 Å². The summed E-state index contributed by atoms with van der Waals surface area (Å²) in [6.45, 7) is 4.43. The van der Waals surface area contributed by atoms with Crippen LogP contribution in [0, 0.1) is 17.8 Å². The fraction of sp³-hybridized carbons (Fsp3) is 0.889. The zero-order valence-electron chi connectivity index (χ0n) is 7.21. The second-order valence-electron chi connectivity index (χ2n) is 3.84. The monoisotopic (exact) mass is 156 g/mol. The highest BCUT2D eigenvalue weighted by Crippen LogP contribution is 2.46. The Kier molecular flexibility index (Phi) is 2.53. The van der Waals surface area contributed by atoms with E-state index in [-0.39, 0.29) is 0 Å². The number of rotatable bonds is 4. The van der Waals surface area contributed by atoms with Gasteiger partial charge in [-0.1, -0.05) is 13.8 Å². The van der Waals surface area contributed by atoms with Crippen molar-refractivity contribution in [3.8, 4) is 0 Å². The van der Waals surface area contributed by atoms with E-state index >= 15 is 0 Å². The molecule has 0 saturated heterocycles. The summed E-state index contributed by atoms with van der Waals surface area (Å²) in [5.41, 5.74) is 0. The number of carboxylic acids is 1. The van der Waals surface area contributed by atoms with E-state index in [1.165, 1.54) is 6.42 Å². The Morgan fingerprint density at radius 1 is 1.64 bits per heavy atom. The molecule has 0 heterocycles. The number of carboxylic acid groups (broad SMARTS) is 1. The van der Waals surface area contributed by atoms with E-state index in [0.717, 1.165) is 18.3 Å². The molecule has 0 aromatic rings. The summed E-state index contributed by atoms with van der Waals surface area (Å²) in [6, 6.07) is 0. The van der Waals surface area contributed by atoms with Crippen molar-refractivity contribution < 1.29 is 9.90 Å². The zero-order valence-corrected chi connectivity index (χ0v) is 7.21. The third-order valence-electron chi connectivity index (χ3n) is 2.56. The number of carbonyl (C=O) groups is 1. The normalized spacial score (nSPS) is 29.0. The second-order valence-corrected chi connectivity index (χ2v) is 3.84. The Morgan fingerprint density at radius 2 is 2.27 bits per heavy atom. The van der Waals surface area contributed by atoms with Crippen LogP contribution in [-0.2, 0) is 4.79 Å². The summed E-state index contributed by atoms with van der Waals surface area (Å²) in [6.07, 6.45) is 2.50. The lowest BCUT2D eigenvalue weighted by molar-refractivity contribution is -0.137. The summed E-state index contributed by atoms with van der Waals surface area (Å²) in [4.78, 5) is 10.2. The van der Waals surface area contributed by atoms with Crippen molar-refractivity contribution in [2.75, 3.05) is 0 Å². The van der Waals surface area contributed by atoms with Crippen LogP contribution in [0.4, 0.5) is 0 Å². The summed E-state index contributed by atoms with van der Waals surface area (Å²) in [5.74, 6) is 1.62. The van der Waals surface area contributed by atoms with Crippen LogP contribution in [0.25, 0.3) is 0 Å². The van der Waals surface area contributed by atoms with Gasteiger partial charge in [-0.25, -0.2) is 0 Å². The average Bonchev–Trinajstić information content (AvgIpc) is 2.61. The molecule has 2 unspecified atom stereocenters. The van der Waals surface area contributed by atoms with Crippen LogP contribution in [0.5, 0.6) is 0 Å². The third kappa shape index (κ3) is 2.52. The Morgan fingerprint density at radius 3 is 2.64 bits per heavy atom. The summed E-state index contributed by atoms with van der Waals surface area (Å²) >= 11 is 0. The topological polar surface area (TPSA) is 37.3 Å². The van der Waals surface area contributed by atoms with Crippen molar-refractivity contribution >= 4 is 5.97 Å². The van der Waals surface area contributed by atoms with Crippen molar-refractivity contribution in [1.29, 1.82) is 0 Å².